The van der Waals surface area contributed by atoms with Crippen LogP contribution >= 0.6 is 0 Å². The second-order valence-corrected chi connectivity index (χ2v) is 30.6. The van der Waals surface area contributed by atoms with Gasteiger partial charge in [0.2, 0.25) is 0 Å². The van der Waals surface area contributed by atoms with Crippen molar-refractivity contribution in [1.82, 2.24) is 6.15 Å². The number of unbranched alkanes of at least 4 members (excludes halogenated alkanes) is 39. The van der Waals surface area contributed by atoms with Crippen LogP contribution in [0.15, 0.2) is 135 Å². The molecule has 4 aromatic carbocycles. The van der Waals surface area contributed by atoms with E-state index in [0.29, 0.717) is 6.42 Å². The Morgan fingerprint density at radius 2 is 0.474 bits per heavy atom. The van der Waals surface area contributed by atoms with Gasteiger partial charge in [-0.25, -0.2) is 0 Å². The van der Waals surface area contributed by atoms with Gasteiger partial charge in [0.1, 0.15) is 0 Å². The second kappa shape index (κ2) is 69.2. The van der Waals surface area contributed by atoms with Crippen LogP contribution in [0.5, 0.6) is 0 Å². The topological polar surface area (TPSA) is 219 Å². The molecule has 0 aliphatic carbocycles. The summed E-state index contributed by atoms with van der Waals surface area (Å²) < 4.78 is 118. The van der Waals surface area contributed by atoms with Crippen LogP contribution in [0.1, 0.15) is 309 Å². The minimum atomic E-state index is -4.10. The number of benzene rings is 4. The largest absolute Gasteiger partial charge is 2.00 e. The fraction of sp³-hybridized carbons (Fsp3) is 0.680. The third kappa shape index (κ3) is 58.7. The van der Waals surface area contributed by atoms with Crippen molar-refractivity contribution in [2.24, 2.45) is 0 Å². The van der Waals surface area contributed by atoms with Crippen LogP contribution in [0.2, 0.25) is 0 Å². The molecule has 13 nitrogen and oxygen atoms in total. The van der Waals surface area contributed by atoms with Crippen molar-refractivity contribution in [3.05, 3.63) is 121 Å². The Kier molecular flexibility index (Phi) is 73.5. The van der Waals surface area contributed by atoms with Crippen LogP contribution in [0, 0.1) is 0 Å². The zero-order valence-electron chi connectivity index (χ0n) is 60.4. The molecule has 0 bridgehead atoms. The van der Waals surface area contributed by atoms with Crippen molar-refractivity contribution in [1.29, 1.82) is 0 Å². The maximum atomic E-state index is 11.9. The van der Waals surface area contributed by atoms with E-state index in [0.717, 1.165) is 56.9 Å². The van der Waals surface area contributed by atoms with Crippen molar-refractivity contribution < 1.29 is 80.3 Å². The van der Waals surface area contributed by atoms with Gasteiger partial charge in [-0.15, -0.1) is 0 Å². The van der Waals surface area contributed by atoms with Crippen LogP contribution < -0.4 is 35.7 Å². The molecule has 0 heterocycles. The molecule has 4 rings (SSSR count). The van der Waals surface area contributed by atoms with E-state index in [2.05, 4.69) is 27.7 Å². The molecule has 0 aromatic heterocycles. The maximum absolute atomic E-state index is 11.9. The molecule has 4 N–H and O–H groups in total. The average molecular weight is 1450 g/mol. The van der Waals surface area contributed by atoms with E-state index in [1.165, 1.54) is 231 Å². The minimum absolute atomic E-state index is 0. The van der Waals surface area contributed by atoms with Crippen LogP contribution in [-0.4, -0.2) is 119 Å². The Morgan fingerprint density at radius 3 is 0.695 bits per heavy atom. The van der Waals surface area contributed by atoms with Gasteiger partial charge in [0.05, 0.1) is 39.4 Å². The average Bonchev–Trinajstić information content (AvgIpc) is 0.899. The van der Waals surface area contributed by atoms with Gasteiger partial charge in [-0.05, 0) is 80.1 Å². The number of hydrogen-bond acceptors (Lipinski definition) is 12. The van der Waals surface area contributed by atoms with Crippen LogP contribution in [0.4, 0.5) is 0 Å². The summed E-state index contributed by atoms with van der Waals surface area (Å²) in [4.78, 5) is 0.778. The third-order valence-electron chi connectivity index (χ3n) is 16.1. The normalized spacial score (nSPS) is 11.2. The summed E-state index contributed by atoms with van der Waals surface area (Å²) in [6.07, 6.45) is 54.4. The minimum Gasteiger partial charge on any atom is -0.344 e. The molecular weight excluding hydrogens is 1320 g/mol. The Morgan fingerprint density at radius 1 is 0.284 bits per heavy atom. The number of hydrogen-bond donors (Lipinski definition) is 2. The van der Waals surface area contributed by atoms with Gasteiger partial charge in [0.25, 0.3) is 40.5 Å². The van der Waals surface area contributed by atoms with Crippen LogP contribution in [0.25, 0.3) is 0 Å². The van der Waals surface area contributed by atoms with Gasteiger partial charge in [0, 0.05) is 0 Å². The molecule has 0 amide bonds. The Balaban J connectivity index is -0.000000573. The summed E-state index contributed by atoms with van der Waals surface area (Å²) in [6.45, 7) is 9.83. The van der Waals surface area contributed by atoms with E-state index < -0.39 is 40.5 Å². The van der Waals surface area contributed by atoms with Gasteiger partial charge in [-0.3, -0.25) is 17.1 Å². The smallest absolute Gasteiger partial charge is 0.344 e. The summed E-state index contributed by atoms with van der Waals surface area (Å²) in [6, 6.07) is 31.7. The maximum Gasteiger partial charge on any atom is 2.00 e. The molecule has 0 spiro atoms. The van der Waals surface area contributed by atoms with Gasteiger partial charge in [-0.2, -0.15) is 33.7 Å². The molecule has 0 fully saturated rings. The first-order chi connectivity index (χ1) is 44.1. The molecular formula is C75H129CaMgNNaO12S4+5. The number of aryl methyl sites for hydroxylation is 1. The predicted octanol–water partition coefficient (Wildman–Crippen LogP) is 18.9. The first-order valence-corrected chi connectivity index (χ1v) is 41.6. The van der Waals surface area contributed by atoms with Crippen LogP contribution in [-0.2, 0) is 59.4 Å². The molecule has 0 unspecified atom stereocenters. The van der Waals surface area contributed by atoms with E-state index in [1.807, 2.05) is 6.07 Å². The molecule has 4 aromatic rings. The number of rotatable bonds is 54. The third-order valence-corrected chi connectivity index (χ3v) is 21.0. The van der Waals surface area contributed by atoms with E-state index >= 15 is 0 Å². The van der Waals surface area contributed by atoms with E-state index in [-0.39, 0.29) is 136 Å². The molecule has 0 aliphatic rings. The van der Waals surface area contributed by atoms with Crippen molar-refractivity contribution >= 4 is 101 Å². The fourth-order valence-electron chi connectivity index (χ4n) is 10.5. The molecule has 0 saturated carbocycles. The van der Waals surface area contributed by atoms with Crippen LogP contribution in [0.3, 0.4) is 0 Å². The Bertz CT molecular complexity index is 2650. The predicted molar refractivity (Wildman–Crippen MR) is 396 cm³/mol. The zero-order valence-corrected chi connectivity index (χ0v) is 69.3. The first kappa shape index (κ1) is 101. The van der Waals surface area contributed by atoms with Crippen molar-refractivity contribution in [2.75, 3.05) is 19.8 Å². The summed E-state index contributed by atoms with van der Waals surface area (Å²) in [5.74, 6) is 0. The molecule has 0 aliphatic heterocycles. The summed E-state index contributed by atoms with van der Waals surface area (Å²) in [5, 5.41) is 0. The Hall–Kier alpha value is -0.494. The van der Waals surface area contributed by atoms with Gasteiger partial charge < -0.3 is 6.15 Å². The Labute approximate surface area is 651 Å². The van der Waals surface area contributed by atoms with Crippen molar-refractivity contribution in [3.63, 3.8) is 0 Å². The van der Waals surface area contributed by atoms with E-state index in [4.69, 9.17) is 12.5 Å². The molecule has 0 saturated heterocycles. The molecule has 530 valence electrons. The fourth-order valence-corrected chi connectivity index (χ4v) is 14.2. The molecule has 0 radical (unpaired) electrons. The second-order valence-electron chi connectivity index (χ2n) is 24.4. The summed E-state index contributed by atoms with van der Waals surface area (Å²) in [5.41, 5.74) is 0.729. The molecule has 20 heteroatoms. The zero-order chi connectivity index (χ0) is 66.7. The van der Waals surface area contributed by atoms with E-state index in [9.17, 15) is 38.2 Å². The molecule has 95 heavy (non-hydrogen) atoms. The quantitative estimate of drug-likeness (QED) is 0.0182. The van der Waals surface area contributed by atoms with E-state index in [1.54, 1.807) is 103 Å². The summed E-state index contributed by atoms with van der Waals surface area (Å²) >= 11 is 0. The van der Waals surface area contributed by atoms with Crippen molar-refractivity contribution in [3.8, 4) is 0 Å². The van der Waals surface area contributed by atoms with Gasteiger partial charge >= 0.3 is 90.3 Å². The first-order valence-electron chi connectivity index (χ1n) is 35.9. The van der Waals surface area contributed by atoms with Gasteiger partial charge in [0.15, 0.2) is 0 Å². The van der Waals surface area contributed by atoms with Gasteiger partial charge in [-0.1, -0.05) is 351 Å². The van der Waals surface area contributed by atoms with Crippen molar-refractivity contribution in [2.45, 2.75) is 330 Å². The SMILES string of the molecule is CCCCCCCCCCCCCCc1ccccc1S(=O)(=O)O.CCCCCCCCCCCCCOS(=O)(=O)c1ccccc1.CCCCCCCCCCCCOS(=O)(=O)c1ccccc1.CCCCCCCCCCCCOS(=O)(=O)c1ccccc1.N.[Ca+2].[Mg+2].[Na+]. The standard InChI is InChI=1S/C20H34O3S.C19H32O3S.2C18H30O3S.Ca.Mg.H3N.Na/c1-2-3-4-5-6-7-8-9-10-11-12-13-16-19-17-14-15-18-20(19)24(21,22)23;1-2-3-4-5-6-7-8-9-10-11-15-18-22-23(20,21)19-16-13-12-14-17-19;2*1-2-3-4-5-6-7-8-9-10-14-17-21-22(19,20)18-15-12-11-13-16-18;;;;/h14-15,17-18H,2-13,16H2,1H3,(H,21,22,23);12-14,16-17H,2-11,15,18H2,1H3;2*11-13,15-16H,2-10,14,17H2,1H3;;;1H3;/q;;;;2*+2;;+1. The summed E-state index contributed by atoms with van der Waals surface area (Å²) in [7, 11) is -14.8. The monoisotopic (exact) mass is 1450 g/mol. The molecule has 0 atom stereocenters.